The molecule has 3 nitrogen and oxygen atoms in total. The molecule has 0 amide bonds. The van der Waals surface area contributed by atoms with Gasteiger partial charge < -0.3 is 10.6 Å². The molecular weight excluding hydrogens is 349 g/mol. The van der Waals surface area contributed by atoms with Crippen LogP contribution in [0, 0.1) is 0 Å². The third-order valence-corrected chi connectivity index (χ3v) is 4.18. The highest BCUT2D eigenvalue weighted by atomic mass is 79.9. The number of benzene rings is 1. The van der Waals surface area contributed by atoms with Crippen LogP contribution in [0.2, 0.25) is 10.0 Å². The number of aromatic nitrogens is 1. The highest BCUT2D eigenvalue weighted by Crippen LogP contribution is 2.36. The maximum atomic E-state index is 6.18. The summed E-state index contributed by atoms with van der Waals surface area (Å²) in [5.41, 5.74) is 0.719. The second-order valence-corrected chi connectivity index (χ2v) is 5.40. The molecule has 0 atom stereocenters. The minimum atomic E-state index is 0.465. The van der Waals surface area contributed by atoms with E-state index < -0.39 is 0 Å². The normalized spacial score (nSPS) is 10.3. The molecule has 0 aliphatic carbocycles. The molecule has 19 heavy (non-hydrogen) atoms. The maximum absolute atomic E-state index is 6.18. The fourth-order valence-corrected chi connectivity index (χ4v) is 2.37. The van der Waals surface area contributed by atoms with Gasteiger partial charge in [0, 0.05) is 11.0 Å². The minimum absolute atomic E-state index is 0.465. The Labute approximate surface area is 130 Å². The molecule has 6 heteroatoms. The van der Waals surface area contributed by atoms with Gasteiger partial charge in [-0.25, -0.2) is 4.98 Å². The Balaban J connectivity index is 2.26. The van der Waals surface area contributed by atoms with Crippen molar-refractivity contribution in [2.45, 2.75) is 6.92 Å². The van der Waals surface area contributed by atoms with Gasteiger partial charge in [0.1, 0.15) is 11.6 Å². The zero-order valence-electron chi connectivity index (χ0n) is 10.2. The summed E-state index contributed by atoms with van der Waals surface area (Å²) < 4.78 is 0.763. The zero-order valence-corrected chi connectivity index (χ0v) is 13.3. The lowest BCUT2D eigenvalue weighted by Gasteiger charge is -2.11. The van der Waals surface area contributed by atoms with E-state index in [0.29, 0.717) is 15.9 Å². The Hall–Kier alpha value is -0.970. The van der Waals surface area contributed by atoms with Gasteiger partial charge in [0.2, 0.25) is 0 Å². The first-order valence-electron chi connectivity index (χ1n) is 5.73. The Morgan fingerprint density at radius 2 is 1.84 bits per heavy atom. The summed E-state index contributed by atoms with van der Waals surface area (Å²) >= 11 is 15.6. The monoisotopic (exact) mass is 359 g/mol. The fourth-order valence-electron chi connectivity index (χ4n) is 1.54. The van der Waals surface area contributed by atoms with Crippen molar-refractivity contribution in [3.63, 3.8) is 0 Å². The Kier molecular flexibility index (Phi) is 4.91. The van der Waals surface area contributed by atoms with Gasteiger partial charge in [0.05, 0.1) is 15.7 Å². The number of nitrogens with zero attached hydrogens (tertiary/aromatic N) is 1. The molecule has 100 valence electrons. The summed E-state index contributed by atoms with van der Waals surface area (Å²) in [6, 6.07) is 9.38. The van der Waals surface area contributed by atoms with E-state index in [1.165, 1.54) is 0 Å². The SMILES string of the molecule is CCNc1cccc(Nc2ccc(Br)c(Cl)c2Cl)n1. The largest absolute Gasteiger partial charge is 0.370 e. The molecule has 0 saturated heterocycles. The Morgan fingerprint density at radius 3 is 2.58 bits per heavy atom. The summed E-state index contributed by atoms with van der Waals surface area (Å²) in [6.07, 6.45) is 0. The van der Waals surface area contributed by atoms with Crippen LogP contribution in [-0.4, -0.2) is 11.5 Å². The van der Waals surface area contributed by atoms with Crippen molar-refractivity contribution in [3.05, 3.63) is 44.8 Å². The number of rotatable bonds is 4. The summed E-state index contributed by atoms with van der Waals surface area (Å²) in [7, 11) is 0. The average molecular weight is 361 g/mol. The van der Waals surface area contributed by atoms with Crippen molar-refractivity contribution in [1.82, 2.24) is 4.98 Å². The molecular formula is C13H12BrCl2N3. The molecule has 0 aliphatic rings. The number of hydrogen-bond acceptors (Lipinski definition) is 3. The van der Waals surface area contributed by atoms with Crippen LogP contribution < -0.4 is 10.6 Å². The van der Waals surface area contributed by atoms with Gasteiger partial charge in [-0.05, 0) is 47.1 Å². The lowest BCUT2D eigenvalue weighted by molar-refractivity contribution is 1.16. The van der Waals surface area contributed by atoms with E-state index in [4.69, 9.17) is 23.2 Å². The van der Waals surface area contributed by atoms with Crippen molar-refractivity contribution in [1.29, 1.82) is 0 Å². The van der Waals surface area contributed by atoms with Gasteiger partial charge in [0.15, 0.2) is 0 Å². The first kappa shape index (κ1) is 14.4. The predicted molar refractivity (Wildman–Crippen MR) is 85.8 cm³/mol. The molecule has 0 radical (unpaired) electrons. The maximum Gasteiger partial charge on any atom is 0.132 e. The first-order chi connectivity index (χ1) is 9.11. The summed E-state index contributed by atoms with van der Waals surface area (Å²) in [5.74, 6) is 1.52. The van der Waals surface area contributed by atoms with Crippen LogP contribution in [0.15, 0.2) is 34.8 Å². The predicted octanol–water partition coefficient (Wildman–Crippen LogP) is 5.33. The molecule has 0 aliphatic heterocycles. The molecule has 0 bridgehead atoms. The van der Waals surface area contributed by atoms with Gasteiger partial charge in [-0.15, -0.1) is 0 Å². The number of pyridine rings is 1. The van der Waals surface area contributed by atoms with Crippen LogP contribution in [0.1, 0.15) is 6.92 Å². The quantitative estimate of drug-likeness (QED) is 0.724. The van der Waals surface area contributed by atoms with Crippen LogP contribution in [0.3, 0.4) is 0 Å². The molecule has 1 aromatic carbocycles. The third-order valence-electron chi connectivity index (χ3n) is 2.40. The van der Waals surface area contributed by atoms with Crippen molar-refractivity contribution < 1.29 is 0 Å². The van der Waals surface area contributed by atoms with Crippen molar-refractivity contribution in [3.8, 4) is 0 Å². The summed E-state index contributed by atoms with van der Waals surface area (Å²) in [5, 5.41) is 7.25. The van der Waals surface area contributed by atoms with E-state index in [-0.39, 0.29) is 0 Å². The molecule has 2 rings (SSSR count). The number of halogens is 3. The van der Waals surface area contributed by atoms with Crippen LogP contribution in [-0.2, 0) is 0 Å². The van der Waals surface area contributed by atoms with E-state index in [2.05, 4.69) is 31.5 Å². The number of anilines is 3. The number of nitrogens with one attached hydrogen (secondary N) is 2. The second kappa shape index (κ2) is 6.46. The lowest BCUT2D eigenvalue weighted by atomic mass is 10.3. The van der Waals surface area contributed by atoms with Crippen molar-refractivity contribution in [2.24, 2.45) is 0 Å². The van der Waals surface area contributed by atoms with Crippen molar-refractivity contribution in [2.75, 3.05) is 17.2 Å². The smallest absolute Gasteiger partial charge is 0.132 e. The Morgan fingerprint density at radius 1 is 1.11 bits per heavy atom. The standard InChI is InChI=1S/C13H12BrCl2N3/c1-2-17-10-4-3-5-11(19-10)18-9-7-6-8(14)12(15)13(9)16/h3-7H,2H2,1H3,(H2,17,18,19). The fraction of sp³-hybridized carbons (Fsp3) is 0.154. The summed E-state index contributed by atoms with van der Waals surface area (Å²) in [6.45, 7) is 2.84. The van der Waals surface area contributed by atoms with Gasteiger partial charge in [-0.1, -0.05) is 29.3 Å². The molecule has 0 fully saturated rings. The minimum Gasteiger partial charge on any atom is -0.370 e. The molecule has 1 aromatic heterocycles. The van der Waals surface area contributed by atoms with Crippen LogP contribution in [0.25, 0.3) is 0 Å². The van der Waals surface area contributed by atoms with Crippen molar-refractivity contribution >= 4 is 56.5 Å². The first-order valence-corrected chi connectivity index (χ1v) is 7.28. The van der Waals surface area contributed by atoms with E-state index in [9.17, 15) is 0 Å². The number of hydrogen-bond donors (Lipinski definition) is 2. The molecule has 2 N–H and O–H groups in total. The van der Waals surface area contributed by atoms with Gasteiger partial charge in [-0.3, -0.25) is 0 Å². The van der Waals surface area contributed by atoms with E-state index in [1.807, 2.05) is 37.3 Å². The average Bonchev–Trinajstić information content (AvgIpc) is 2.40. The van der Waals surface area contributed by atoms with Crippen LogP contribution >= 0.6 is 39.1 Å². The highest BCUT2D eigenvalue weighted by Gasteiger charge is 2.09. The topological polar surface area (TPSA) is 37.0 Å². The van der Waals surface area contributed by atoms with E-state index >= 15 is 0 Å². The van der Waals surface area contributed by atoms with E-state index in [1.54, 1.807) is 0 Å². The van der Waals surface area contributed by atoms with Gasteiger partial charge >= 0.3 is 0 Å². The summed E-state index contributed by atoms with van der Waals surface area (Å²) in [4.78, 5) is 4.42. The molecule has 0 spiro atoms. The third kappa shape index (κ3) is 3.53. The van der Waals surface area contributed by atoms with Gasteiger partial charge in [0.25, 0.3) is 0 Å². The highest BCUT2D eigenvalue weighted by molar-refractivity contribution is 9.10. The second-order valence-electron chi connectivity index (χ2n) is 3.79. The van der Waals surface area contributed by atoms with Gasteiger partial charge in [-0.2, -0.15) is 0 Å². The van der Waals surface area contributed by atoms with Crippen LogP contribution in [0.4, 0.5) is 17.3 Å². The molecule has 2 aromatic rings. The van der Waals surface area contributed by atoms with E-state index in [0.717, 1.165) is 22.5 Å². The lowest BCUT2D eigenvalue weighted by Crippen LogP contribution is -2.01. The zero-order chi connectivity index (χ0) is 13.8. The Bertz CT molecular complexity index is 590. The molecule has 0 unspecified atom stereocenters. The molecule has 0 saturated carbocycles. The molecule has 1 heterocycles. The van der Waals surface area contributed by atoms with Crippen LogP contribution in [0.5, 0.6) is 0 Å².